The second-order valence-electron chi connectivity index (χ2n) is 7.13. The number of benzene rings is 3. The van der Waals surface area contributed by atoms with E-state index in [4.69, 9.17) is 4.74 Å². The van der Waals surface area contributed by atoms with Gasteiger partial charge in [-0.1, -0.05) is 61.9 Å². The van der Waals surface area contributed by atoms with Crippen molar-refractivity contribution in [2.24, 2.45) is 0 Å². The summed E-state index contributed by atoms with van der Waals surface area (Å²) in [7, 11) is 1.74. The van der Waals surface area contributed by atoms with Crippen LogP contribution in [-0.4, -0.2) is 7.11 Å². The molecule has 3 aromatic rings. The van der Waals surface area contributed by atoms with E-state index in [0.29, 0.717) is 0 Å². The summed E-state index contributed by atoms with van der Waals surface area (Å²) in [5.41, 5.74) is 9.17. The number of hydrogen-bond donors (Lipinski definition) is 0. The van der Waals surface area contributed by atoms with Gasteiger partial charge in [-0.05, 0) is 52.9 Å². The lowest BCUT2D eigenvalue weighted by atomic mass is 9.81. The topological polar surface area (TPSA) is 9.23 Å². The molecule has 0 atom stereocenters. The highest BCUT2D eigenvalue weighted by molar-refractivity contribution is 5.84. The molecule has 0 amide bonds. The highest BCUT2D eigenvalue weighted by atomic mass is 16.5. The number of ether oxygens (including phenoxy) is 1. The van der Waals surface area contributed by atoms with E-state index in [1.165, 1.54) is 33.4 Å². The first-order valence-corrected chi connectivity index (χ1v) is 8.42. The number of methoxy groups -OCH3 is 1. The molecule has 0 N–H and O–H groups in total. The van der Waals surface area contributed by atoms with Gasteiger partial charge in [0.1, 0.15) is 5.75 Å². The van der Waals surface area contributed by atoms with Crippen molar-refractivity contribution < 1.29 is 4.74 Å². The average Bonchev–Trinajstić information content (AvgIpc) is 2.83. The van der Waals surface area contributed by atoms with Gasteiger partial charge < -0.3 is 4.74 Å². The Bertz CT molecular complexity index is 935. The second-order valence-corrected chi connectivity index (χ2v) is 7.13. The zero-order valence-corrected chi connectivity index (χ0v) is 14.7. The van der Waals surface area contributed by atoms with Crippen LogP contribution in [-0.2, 0) is 5.41 Å². The number of rotatable bonds is 2. The highest BCUT2D eigenvalue weighted by Gasteiger charge is 2.35. The third kappa shape index (κ3) is 2.08. The SMILES string of the molecule is COc1ccc(C)cc1-c1ccc2c(c1)C(C)(C)c1ccccc1-2. The summed E-state index contributed by atoms with van der Waals surface area (Å²) in [6.07, 6.45) is 0. The minimum atomic E-state index is 0.0268. The quantitative estimate of drug-likeness (QED) is 0.565. The lowest BCUT2D eigenvalue weighted by Crippen LogP contribution is -2.14. The monoisotopic (exact) mass is 314 g/mol. The minimum absolute atomic E-state index is 0.0268. The van der Waals surface area contributed by atoms with Gasteiger partial charge in [0.05, 0.1) is 7.11 Å². The molecule has 3 aromatic carbocycles. The molecule has 0 heterocycles. The summed E-state index contributed by atoms with van der Waals surface area (Å²) in [5, 5.41) is 0. The Hall–Kier alpha value is -2.54. The standard InChI is InChI=1S/C23H22O/c1-15-9-12-22(24-4)19(13-15)16-10-11-18-17-7-5-6-8-20(17)23(2,3)21(18)14-16/h5-14H,1-4H3. The molecule has 0 aromatic heterocycles. The maximum atomic E-state index is 5.59. The van der Waals surface area contributed by atoms with Crippen LogP contribution in [0.5, 0.6) is 5.75 Å². The van der Waals surface area contributed by atoms with E-state index < -0.39 is 0 Å². The molecule has 0 saturated heterocycles. The summed E-state index contributed by atoms with van der Waals surface area (Å²) in [6.45, 7) is 6.75. The molecule has 120 valence electrons. The molecule has 4 rings (SSSR count). The van der Waals surface area contributed by atoms with Crippen LogP contribution in [0.15, 0.2) is 60.7 Å². The molecule has 0 bridgehead atoms. The number of hydrogen-bond acceptors (Lipinski definition) is 1. The molecule has 0 unspecified atom stereocenters. The first kappa shape index (κ1) is 15.0. The molecular weight excluding hydrogens is 292 g/mol. The Kier molecular flexibility index (Phi) is 3.28. The Morgan fingerprint density at radius 2 is 1.50 bits per heavy atom. The van der Waals surface area contributed by atoms with Gasteiger partial charge in [-0.3, -0.25) is 0 Å². The molecule has 1 nitrogen and oxygen atoms in total. The van der Waals surface area contributed by atoms with Crippen LogP contribution in [0.3, 0.4) is 0 Å². The van der Waals surface area contributed by atoms with Crippen LogP contribution in [0.4, 0.5) is 0 Å². The lowest BCUT2D eigenvalue weighted by molar-refractivity contribution is 0.416. The zero-order chi connectivity index (χ0) is 16.9. The van der Waals surface area contributed by atoms with E-state index in [2.05, 4.69) is 81.4 Å². The van der Waals surface area contributed by atoms with Crippen molar-refractivity contribution in [1.82, 2.24) is 0 Å². The van der Waals surface area contributed by atoms with Gasteiger partial charge in [-0.15, -0.1) is 0 Å². The van der Waals surface area contributed by atoms with E-state index in [1.807, 2.05) is 0 Å². The third-order valence-corrected chi connectivity index (χ3v) is 5.25. The molecular formula is C23H22O. The fourth-order valence-corrected chi connectivity index (χ4v) is 3.92. The van der Waals surface area contributed by atoms with Crippen molar-refractivity contribution in [1.29, 1.82) is 0 Å². The van der Waals surface area contributed by atoms with Crippen LogP contribution in [0.25, 0.3) is 22.3 Å². The van der Waals surface area contributed by atoms with Crippen LogP contribution in [0, 0.1) is 6.92 Å². The van der Waals surface area contributed by atoms with Crippen molar-refractivity contribution >= 4 is 0 Å². The average molecular weight is 314 g/mol. The summed E-state index contributed by atoms with van der Waals surface area (Å²) >= 11 is 0. The van der Waals surface area contributed by atoms with Crippen molar-refractivity contribution in [3.63, 3.8) is 0 Å². The van der Waals surface area contributed by atoms with Gasteiger partial charge in [-0.25, -0.2) is 0 Å². The van der Waals surface area contributed by atoms with E-state index in [0.717, 1.165) is 11.3 Å². The van der Waals surface area contributed by atoms with E-state index in [1.54, 1.807) is 7.11 Å². The largest absolute Gasteiger partial charge is 0.496 e. The Morgan fingerprint density at radius 3 is 2.29 bits per heavy atom. The first-order valence-electron chi connectivity index (χ1n) is 8.42. The molecule has 24 heavy (non-hydrogen) atoms. The first-order chi connectivity index (χ1) is 11.5. The Morgan fingerprint density at radius 1 is 0.750 bits per heavy atom. The van der Waals surface area contributed by atoms with Crippen LogP contribution >= 0.6 is 0 Å². The summed E-state index contributed by atoms with van der Waals surface area (Å²) in [6, 6.07) is 21.9. The van der Waals surface area contributed by atoms with Crippen LogP contribution in [0.1, 0.15) is 30.5 Å². The fourth-order valence-electron chi connectivity index (χ4n) is 3.92. The predicted octanol–water partition coefficient (Wildman–Crippen LogP) is 5.98. The smallest absolute Gasteiger partial charge is 0.126 e. The van der Waals surface area contributed by atoms with Crippen molar-refractivity contribution in [2.75, 3.05) is 7.11 Å². The number of aryl methyl sites for hydroxylation is 1. The second kappa shape index (κ2) is 5.24. The van der Waals surface area contributed by atoms with Gasteiger partial charge in [0.25, 0.3) is 0 Å². The van der Waals surface area contributed by atoms with Crippen molar-refractivity contribution in [3.05, 3.63) is 77.4 Å². The maximum Gasteiger partial charge on any atom is 0.126 e. The number of fused-ring (bicyclic) bond motifs is 3. The normalized spacial score (nSPS) is 14.2. The van der Waals surface area contributed by atoms with E-state index in [-0.39, 0.29) is 5.41 Å². The van der Waals surface area contributed by atoms with Gasteiger partial charge in [0.15, 0.2) is 0 Å². The molecule has 1 aliphatic rings. The zero-order valence-electron chi connectivity index (χ0n) is 14.7. The molecule has 0 radical (unpaired) electrons. The minimum Gasteiger partial charge on any atom is -0.496 e. The summed E-state index contributed by atoms with van der Waals surface area (Å²) < 4.78 is 5.59. The van der Waals surface area contributed by atoms with Crippen LogP contribution < -0.4 is 4.74 Å². The molecule has 1 aliphatic carbocycles. The summed E-state index contributed by atoms with van der Waals surface area (Å²) in [5.74, 6) is 0.925. The fraction of sp³-hybridized carbons (Fsp3) is 0.217. The summed E-state index contributed by atoms with van der Waals surface area (Å²) in [4.78, 5) is 0. The Balaban J connectivity index is 1.93. The van der Waals surface area contributed by atoms with Gasteiger partial charge in [0.2, 0.25) is 0 Å². The van der Waals surface area contributed by atoms with E-state index >= 15 is 0 Å². The molecule has 0 fully saturated rings. The van der Waals surface area contributed by atoms with Crippen molar-refractivity contribution in [3.8, 4) is 28.0 Å². The van der Waals surface area contributed by atoms with Crippen LogP contribution in [0.2, 0.25) is 0 Å². The molecule has 1 heteroatoms. The van der Waals surface area contributed by atoms with Crippen molar-refractivity contribution in [2.45, 2.75) is 26.2 Å². The molecule has 0 saturated carbocycles. The van der Waals surface area contributed by atoms with Gasteiger partial charge in [-0.2, -0.15) is 0 Å². The molecule has 0 aliphatic heterocycles. The maximum absolute atomic E-state index is 5.59. The third-order valence-electron chi connectivity index (χ3n) is 5.25. The van der Waals surface area contributed by atoms with Gasteiger partial charge >= 0.3 is 0 Å². The van der Waals surface area contributed by atoms with E-state index in [9.17, 15) is 0 Å². The predicted molar refractivity (Wildman–Crippen MR) is 101 cm³/mol. The van der Waals surface area contributed by atoms with Gasteiger partial charge in [0, 0.05) is 11.0 Å². The highest BCUT2D eigenvalue weighted by Crippen LogP contribution is 2.49. The lowest BCUT2D eigenvalue weighted by Gasteiger charge is -2.22. The Labute approximate surface area is 143 Å². The molecule has 0 spiro atoms.